The van der Waals surface area contributed by atoms with Crippen LogP contribution in [0.25, 0.3) is 0 Å². The third kappa shape index (κ3) is 4.45. The number of rotatable bonds is 5. The van der Waals surface area contributed by atoms with Crippen LogP contribution in [0.2, 0.25) is 5.02 Å². The highest BCUT2D eigenvalue weighted by Gasteiger charge is 2.23. The van der Waals surface area contributed by atoms with E-state index in [-0.39, 0.29) is 27.7 Å². The summed E-state index contributed by atoms with van der Waals surface area (Å²) in [7, 11) is 0. The van der Waals surface area contributed by atoms with Gasteiger partial charge in [0, 0.05) is 11.1 Å². The minimum Gasteiger partial charge on any atom is -0.507 e. The molecule has 0 bridgehead atoms. The van der Waals surface area contributed by atoms with Gasteiger partial charge < -0.3 is 15.2 Å². The Morgan fingerprint density at radius 1 is 1.28 bits per heavy atom. The lowest BCUT2D eigenvalue weighted by Crippen LogP contribution is -2.30. The number of benzene rings is 2. The summed E-state index contributed by atoms with van der Waals surface area (Å²) in [5.74, 6) is -2.06. The van der Waals surface area contributed by atoms with E-state index in [1.165, 1.54) is 49.4 Å². The van der Waals surface area contributed by atoms with Crippen molar-refractivity contribution < 1.29 is 24.4 Å². The highest BCUT2D eigenvalue weighted by molar-refractivity contribution is 6.31. The third-order valence-corrected chi connectivity index (χ3v) is 3.43. The maximum Gasteiger partial charge on any atom is 0.342 e. The number of anilines is 1. The number of hydrogen-bond acceptors (Lipinski definition) is 6. The molecule has 0 spiro atoms. The summed E-state index contributed by atoms with van der Waals surface area (Å²) < 4.78 is 4.97. The Labute approximate surface area is 147 Å². The molecule has 0 aliphatic heterocycles. The van der Waals surface area contributed by atoms with Crippen LogP contribution in [0.3, 0.4) is 0 Å². The van der Waals surface area contributed by atoms with Crippen molar-refractivity contribution in [3.63, 3.8) is 0 Å². The van der Waals surface area contributed by atoms with Crippen LogP contribution >= 0.6 is 11.6 Å². The Hall–Kier alpha value is -3.13. The van der Waals surface area contributed by atoms with Gasteiger partial charge in [0.15, 0.2) is 6.10 Å². The van der Waals surface area contributed by atoms with Gasteiger partial charge in [-0.05, 0) is 31.2 Å². The molecule has 8 nitrogen and oxygen atoms in total. The summed E-state index contributed by atoms with van der Waals surface area (Å²) in [5, 5.41) is 23.1. The van der Waals surface area contributed by atoms with Crippen molar-refractivity contribution >= 4 is 34.9 Å². The topological polar surface area (TPSA) is 119 Å². The van der Waals surface area contributed by atoms with Crippen LogP contribution in [0.15, 0.2) is 42.5 Å². The van der Waals surface area contributed by atoms with Crippen molar-refractivity contribution in [3.8, 4) is 5.75 Å². The Bertz CT molecular complexity index is 839. The van der Waals surface area contributed by atoms with Gasteiger partial charge in [0.1, 0.15) is 17.0 Å². The van der Waals surface area contributed by atoms with Crippen LogP contribution in [-0.2, 0) is 9.53 Å². The van der Waals surface area contributed by atoms with Gasteiger partial charge >= 0.3 is 5.97 Å². The van der Waals surface area contributed by atoms with Crippen molar-refractivity contribution in [2.24, 2.45) is 0 Å². The smallest absolute Gasteiger partial charge is 0.342 e. The number of hydrogen-bond donors (Lipinski definition) is 2. The number of carbonyl (C=O) groups is 2. The summed E-state index contributed by atoms with van der Waals surface area (Å²) in [6, 6.07) is 9.37. The summed E-state index contributed by atoms with van der Waals surface area (Å²) in [6.07, 6.45) is -1.26. The molecule has 2 aromatic rings. The van der Waals surface area contributed by atoms with Crippen molar-refractivity contribution in [2.75, 3.05) is 5.32 Å². The van der Waals surface area contributed by atoms with E-state index in [1.807, 2.05) is 0 Å². The van der Waals surface area contributed by atoms with E-state index in [2.05, 4.69) is 5.32 Å². The first-order valence-electron chi connectivity index (χ1n) is 7.03. The molecule has 0 aliphatic carbocycles. The predicted octanol–water partition coefficient (Wildman–Crippen LogP) is 3.14. The van der Waals surface area contributed by atoms with E-state index in [9.17, 15) is 24.8 Å². The molecular weight excluding hydrogens is 352 g/mol. The zero-order valence-electron chi connectivity index (χ0n) is 12.9. The molecule has 0 aliphatic rings. The number of nitrogens with zero attached hydrogens (tertiary/aromatic N) is 1. The molecular formula is C16H13ClN2O6. The zero-order valence-corrected chi connectivity index (χ0v) is 13.7. The fourth-order valence-corrected chi connectivity index (χ4v) is 2.09. The average molecular weight is 365 g/mol. The minimum absolute atomic E-state index is 0.0222. The van der Waals surface area contributed by atoms with Gasteiger partial charge in [-0.1, -0.05) is 23.7 Å². The van der Waals surface area contributed by atoms with Crippen LogP contribution in [0.5, 0.6) is 5.75 Å². The lowest BCUT2D eigenvalue weighted by atomic mass is 10.2. The number of halogens is 1. The lowest BCUT2D eigenvalue weighted by molar-refractivity contribution is -0.383. The highest BCUT2D eigenvalue weighted by Crippen LogP contribution is 2.25. The summed E-state index contributed by atoms with van der Waals surface area (Å²) in [6.45, 7) is 1.30. The third-order valence-electron chi connectivity index (χ3n) is 3.19. The van der Waals surface area contributed by atoms with Crippen LogP contribution in [-0.4, -0.2) is 28.0 Å². The number of aromatic hydroxyl groups is 1. The van der Waals surface area contributed by atoms with Crippen molar-refractivity contribution in [2.45, 2.75) is 13.0 Å². The van der Waals surface area contributed by atoms with Gasteiger partial charge in [0.25, 0.3) is 11.6 Å². The number of carbonyl (C=O) groups excluding carboxylic acids is 2. The van der Waals surface area contributed by atoms with Gasteiger partial charge in [-0.3, -0.25) is 14.9 Å². The van der Waals surface area contributed by atoms with Gasteiger partial charge in [-0.2, -0.15) is 0 Å². The normalized spacial score (nSPS) is 11.4. The summed E-state index contributed by atoms with van der Waals surface area (Å²) >= 11 is 5.75. The van der Waals surface area contributed by atoms with Crippen molar-refractivity contribution in [1.82, 2.24) is 0 Å². The molecule has 2 rings (SSSR count). The summed E-state index contributed by atoms with van der Waals surface area (Å²) in [5.41, 5.74) is -0.509. The number of para-hydroxylation sites is 2. The van der Waals surface area contributed by atoms with Crippen molar-refractivity contribution in [3.05, 3.63) is 63.2 Å². The fourth-order valence-electron chi connectivity index (χ4n) is 1.92. The number of nitrogens with one attached hydrogen (secondary N) is 1. The van der Waals surface area contributed by atoms with E-state index in [4.69, 9.17) is 16.3 Å². The van der Waals surface area contributed by atoms with E-state index in [0.717, 1.165) is 0 Å². The van der Waals surface area contributed by atoms with E-state index in [0.29, 0.717) is 0 Å². The highest BCUT2D eigenvalue weighted by atomic mass is 35.5. The monoisotopic (exact) mass is 364 g/mol. The standard InChI is InChI=1S/C16H13ClN2O6/c1-9(25-16(22)11-8-10(17)6-7-14(11)20)15(21)18-12-4-2-3-5-13(12)19(23)24/h2-9,20H,1H3,(H,18,21)/t9-/m1/s1. The maximum atomic E-state index is 12.1. The molecule has 2 N–H and O–H groups in total. The van der Waals surface area contributed by atoms with E-state index >= 15 is 0 Å². The lowest BCUT2D eigenvalue weighted by Gasteiger charge is -2.14. The number of amides is 1. The first-order chi connectivity index (χ1) is 11.8. The number of phenolic OH excluding ortho intramolecular Hbond substituents is 1. The molecule has 25 heavy (non-hydrogen) atoms. The Kier molecular flexibility index (Phi) is 5.56. The molecule has 0 heterocycles. The molecule has 130 valence electrons. The first-order valence-corrected chi connectivity index (χ1v) is 7.41. The van der Waals surface area contributed by atoms with Gasteiger partial charge in [0.2, 0.25) is 0 Å². The Morgan fingerprint density at radius 3 is 2.64 bits per heavy atom. The van der Waals surface area contributed by atoms with Crippen molar-refractivity contribution in [1.29, 1.82) is 0 Å². The molecule has 1 atom stereocenters. The Morgan fingerprint density at radius 2 is 1.96 bits per heavy atom. The molecule has 0 fully saturated rings. The molecule has 0 unspecified atom stereocenters. The van der Waals surface area contributed by atoms with Crippen LogP contribution in [0.1, 0.15) is 17.3 Å². The van der Waals surface area contributed by atoms with Crippen LogP contribution in [0, 0.1) is 10.1 Å². The minimum atomic E-state index is -1.26. The van der Waals surface area contributed by atoms with Gasteiger partial charge in [-0.25, -0.2) is 4.79 Å². The number of nitro groups is 1. The number of esters is 1. The zero-order chi connectivity index (χ0) is 18.6. The molecule has 0 radical (unpaired) electrons. The Balaban J connectivity index is 2.09. The van der Waals surface area contributed by atoms with Crippen LogP contribution < -0.4 is 5.32 Å². The SMILES string of the molecule is C[C@@H](OC(=O)c1cc(Cl)ccc1O)C(=O)Nc1ccccc1[N+](=O)[O-]. The van der Waals surface area contributed by atoms with Crippen LogP contribution in [0.4, 0.5) is 11.4 Å². The molecule has 9 heteroatoms. The quantitative estimate of drug-likeness (QED) is 0.478. The molecule has 2 aromatic carbocycles. The largest absolute Gasteiger partial charge is 0.507 e. The molecule has 0 saturated heterocycles. The second kappa shape index (κ2) is 7.63. The van der Waals surface area contributed by atoms with Gasteiger partial charge in [0.05, 0.1) is 4.92 Å². The van der Waals surface area contributed by atoms with E-state index < -0.39 is 22.9 Å². The predicted molar refractivity (Wildman–Crippen MR) is 89.7 cm³/mol. The second-order valence-electron chi connectivity index (χ2n) is 4.97. The first kappa shape index (κ1) is 18.2. The number of ether oxygens (including phenoxy) is 1. The molecule has 0 aromatic heterocycles. The second-order valence-corrected chi connectivity index (χ2v) is 5.41. The van der Waals surface area contributed by atoms with E-state index in [1.54, 1.807) is 0 Å². The average Bonchev–Trinajstić information content (AvgIpc) is 2.57. The molecule has 1 amide bonds. The fraction of sp³-hybridized carbons (Fsp3) is 0.125. The number of nitro benzene ring substituents is 1. The van der Waals surface area contributed by atoms with Gasteiger partial charge in [-0.15, -0.1) is 0 Å². The summed E-state index contributed by atoms with van der Waals surface area (Å²) in [4.78, 5) is 34.4. The molecule has 0 saturated carbocycles. The number of phenols is 1. The maximum absolute atomic E-state index is 12.1.